The van der Waals surface area contributed by atoms with Gasteiger partial charge in [-0.2, -0.15) is 0 Å². The number of likely N-dealkylation sites (tertiary alicyclic amines) is 1. The van der Waals surface area contributed by atoms with Gasteiger partial charge in [-0.15, -0.1) is 0 Å². The maximum Gasteiger partial charge on any atom is 0.236 e. The van der Waals surface area contributed by atoms with Crippen molar-refractivity contribution in [1.82, 2.24) is 14.7 Å². The van der Waals surface area contributed by atoms with Gasteiger partial charge in [-0.05, 0) is 30.5 Å². The van der Waals surface area contributed by atoms with E-state index >= 15 is 0 Å². The summed E-state index contributed by atoms with van der Waals surface area (Å²) in [6, 6.07) is 6.17. The van der Waals surface area contributed by atoms with E-state index < -0.39 is 0 Å². The van der Waals surface area contributed by atoms with Crippen molar-refractivity contribution in [2.75, 3.05) is 52.6 Å². The fraction of sp³-hybridized carbons (Fsp3) is 0.611. The van der Waals surface area contributed by atoms with Crippen LogP contribution in [0.3, 0.4) is 0 Å². The van der Waals surface area contributed by atoms with E-state index in [1.807, 2.05) is 11.0 Å². The minimum atomic E-state index is 0.303. The van der Waals surface area contributed by atoms with Crippen molar-refractivity contribution in [2.24, 2.45) is 0 Å². The van der Waals surface area contributed by atoms with E-state index in [9.17, 15) is 4.79 Å². The molecule has 0 atom stereocenters. The quantitative estimate of drug-likeness (QED) is 0.828. The number of benzene rings is 1. The lowest BCUT2D eigenvalue weighted by Gasteiger charge is -2.35. The molecular formula is C18H25N3O3. The highest BCUT2D eigenvalue weighted by Gasteiger charge is 2.23. The Morgan fingerprint density at radius 1 is 0.917 bits per heavy atom. The molecular weight excluding hydrogens is 306 g/mol. The van der Waals surface area contributed by atoms with Gasteiger partial charge in [-0.1, -0.05) is 6.07 Å². The number of hydrogen-bond acceptors (Lipinski definition) is 5. The largest absolute Gasteiger partial charge is 0.454 e. The molecule has 2 saturated heterocycles. The van der Waals surface area contributed by atoms with Gasteiger partial charge in [0.15, 0.2) is 11.5 Å². The molecule has 0 radical (unpaired) electrons. The number of ether oxygens (including phenoxy) is 2. The monoisotopic (exact) mass is 331 g/mol. The van der Waals surface area contributed by atoms with E-state index in [1.54, 1.807) is 0 Å². The molecule has 1 aromatic carbocycles. The Bertz CT molecular complexity index is 593. The van der Waals surface area contributed by atoms with E-state index in [4.69, 9.17) is 9.47 Å². The highest BCUT2D eigenvalue weighted by atomic mass is 16.7. The minimum absolute atomic E-state index is 0.303. The van der Waals surface area contributed by atoms with Crippen molar-refractivity contribution >= 4 is 5.91 Å². The predicted molar refractivity (Wildman–Crippen MR) is 90.1 cm³/mol. The Labute approximate surface area is 142 Å². The first-order valence-corrected chi connectivity index (χ1v) is 8.89. The van der Waals surface area contributed by atoms with Crippen LogP contribution in [0.15, 0.2) is 18.2 Å². The molecule has 0 bridgehead atoms. The summed E-state index contributed by atoms with van der Waals surface area (Å²) in [6.07, 6.45) is 2.32. The number of rotatable bonds is 4. The second-order valence-electron chi connectivity index (χ2n) is 6.83. The standard InChI is InChI=1S/C18H25N3O3/c22-18(21-5-1-2-6-21)13-20-9-7-19(8-10-20)12-15-3-4-16-17(11-15)24-14-23-16/h3-4,11H,1-2,5-10,12-14H2. The summed E-state index contributed by atoms with van der Waals surface area (Å²) in [4.78, 5) is 19.0. The molecule has 0 spiro atoms. The number of amides is 1. The SMILES string of the molecule is O=C(CN1CCN(Cc2ccc3c(c2)OCO3)CC1)N1CCCC1. The molecule has 3 aliphatic heterocycles. The van der Waals surface area contributed by atoms with Crippen molar-refractivity contribution in [2.45, 2.75) is 19.4 Å². The van der Waals surface area contributed by atoms with Crippen LogP contribution in [0.1, 0.15) is 18.4 Å². The van der Waals surface area contributed by atoms with Crippen molar-refractivity contribution in [1.29, 1.82) is 0 Å². The fourth-order valence-corrected chi connectivity index (χ4v) is 3.66. The summed E-state index contributed by atoms with van der Waals surface area (Å²) in [7, 11) is 0. The van der Waals surface area contributed by atoms with Gasteiger partial charge in [0, 0.05) is 45.8 Å². The van der Waals surface area contributed by atoms with Gasteiger partial charge < -0.3 is 14.4 Å². The number of piperazine rings is 1. The van der Waals surface area contributed by atoms with Gasteiger partial charge in [-0.3, -0.25) is 14.6 Å². The molecule has 0 saturated carbocycles. The number of nitrogens with zero attached hydrogens (tertiary/aromatic N) is 3. The van der Waals surface area contributed by atoms with Crippen LogP contribution in [0.2, 0.25) is 0 Å². The van der Waals surface area contributed by atoms with E-state index in [1.165, 1.54) is 5.56 Å². The van der Waals surface area contributed by atoms with Gasteiger partial charge in [0.05, 0.1) is 6.54 Å². The zero-order valence-corrected chi connectivity index (χ0v) is 14.1. The molecule has 0 aliphatic carbocycles. The van der Waals surface area contributed by atoms with Crippen molar-refractivity contribution < 1.29 is 14.3 Å². The third kappa shape index (κ3) is 3.49. The molecule has 3 aliphatic rings. The Kier molecular flexibility index (Phi) is 4.58. The molecule has 2 fully saturated rings. The molecule has 130 valence electrons. The first-order valence-electron chi connectivity index (χ1n) is 8.89. The average molecular weight is 331 g/mol. The third-order valence-corrected chi connectivity index (χ3v) is 5.13. The maximum atomic E-state index is 12.2. The molecule has 0 unspecified atom stereocenters. The van der Waals surface area contributed by atoms with Crippen molar-refractivity contribution in [3.63, 3.8) is 0 Å². The number of carbonyl (C=O) groups is 1. The minimum Gasteiger partial charge on any atom is -0.454 e. The van der Waals surface area contributed by atoms with Gasteiger partial charge in [0.2, 0.25) is 12.7 Å². The van der Waals surface area contributed by atoms with Crippen LogP contribution in [0, 0.1) is 0 Å². The smallest absolute Gasteiger partial charge is 0.236 e. The van der Waals surface area contributed by atoms with E-state index in [2.05, 4.69) is 21.9 Å². The molecule has 4 rings (SSSR count). The first kappa shape index (κ1) is 15.7. The van der Waals surface area contributed by atoms with Crippen molar-refractivity contribution in [3.05, 3.63) is 23.8 Å². The Hall–Kier alpha value is -1.79. The van der Waals surface area contributed by atoms with Gasteiger partial charge >= 0.3 is 0 Å². The van der Waals surface area contributed by atoms with Gasteiger partial charge in [0.1, 0.15) is 0 Å². The highest BCUT2D eigenvalue weighted by Crippen LogP contribution is 2.32. The number of fused-ring (bicyclic) bond motifs is 1. The number of hydrogen-bond donors (Lipinski definition) is 0. The second-order valence-corrected chi connectivity index (χ2v) is 6.83. The van der Waals surface area contributed by atoms with Crippen LogP contribution in [0.5, 0.6) is 11.5 Å². The summed E-state index contributed by atoms with van der Waals surface area (Å²) < 4.78 is 10.8. The molecule has 0 N–H and O–H groups in total. The lowest BCUT2D eigenvalue weighted by molar-refractivity contribution is -0.131. The van der Waals surface area contributed by atoms with E-state index in [-0.39, 0.29) is 0 Å². The maximum absolute atomic E-state index is 12.2. The van der Waals surface area contributed by atoms with Crippen LogP contribution in [-0.2, 0) is 11.3 Å². The number of carbonyl (C=O) groups excluding carboxylic acids is 1. The van der Waals surface area contributed by atoms with E-state index in [0.717, 1.165) is 70.2 Å². The zero-order valence-electron chi connectivity index (χ0n) is 14.1. The third-order valence-electron chi connectivity index (χ3n) is 5.13. The van der Waals surface area contributed by atoms with Crippen LogP contribution < -0.4 is 9.47 Å². The molecule has 1 amide bonds. The first-order chi connectivity index (χ1) is 11.8. The second kappa shape index (κ2) is 6.99. The normalized spacial score (nSPS) is 21.4. The molecule has 24 heavy (non-hydrogen) atoms. The topological polar surface area (TPSA) is 45.3 Å². The highest BCUT2D eigenvalue weighted by molar-refractivity contribution is 5.78. The molecule has 6 heteroatoms. The Morgan fingerprint density at radius 2 is 1.62 bits per heavy atom. The lowest BCUT2D eigenvalue weighted by atomic mass is 10.1. The van der Waals surface area contributed by atoms with Gasteiger partial charge in [0.25, 0.3) is 0 Å². The summed E-state index contributed by atoms with van der Waals surface area (Å²) in [5, 5.41) is 0. The van der Waals surface area contributed by atoms with E-state index in [0.29, 0.717) is 19.2 Å². The Morgan fingerprint density at radius 3 is 2.42 bits per heavy atom. The van der Waals surface area contributed by atoms with Crippen LogP contribution >= 0.6 is 0 Å². The summed E-state index contributed by atoms with van der Waals surface area (Å²) >= 11 is 0. The Balaban J connectivity index is 1.25. The van der Waals surface area contributed by atoms with Crippen molar-refractivity contribution in [3.8, 4) is 11.5 Å². The summed E-state index contributed by atoms with van der Waals surface area (Å²) in [5.74, 6) is 1.99. The average Bonchev–Trinajstić information content (AvgIpc) is 3.27. The van der Waals surface area contributed by atoms with Crippen LogP contribution in [0.25, 0.3) is 0 Å². The molecule has 1 aromatic rings. The predicted octanol–water partition coefficient (Wildman–Crippen LogP) is 1.16. The molecule has 3 heterocycles. The van der Waals surface area contributed by atoms with Crippen LogP contribution in [-0.4, -0.2) is 73.2 Å². The molecule has 6 nitrogen and oxygen atoms in total. The fourth-order valence-electron chi connectivity index (χ4n) is 3.66. The van der Waals surface area contributed by atoms with Gasteiger partial charge in [-0.25, -0.2) is 0 Å². The lowest BCUT2D eigenvalue weighted by Crippen LogP contribution is -2.49. The zero-order chi connectivity index (χ0) is 16.4. The summed E-state index contributed by atoms with van der Waals surface area (Å²) in [6.45, 7) is 7.65. The van der Waals surface area contributed by atoms with Crippen LogP contribution in [0.4, 0.5) is 0 Å². The summed E-state index contributed by atoms with van der Waals surface area (Å²) in [5.41, 5.74) is 1.25. The molecule has 0 aromatic heterocycles.